The molecule has 0 atom stereocenters. The van der Waals surface area contributed by atoms with Crippen molar-refractivity contribution in [2.45, 2.75) is 19.9 Å². The monoisotopic (exact) mass is 348 g/mol. The first-order chi connectivity index (χ1) is 12.6. The maximum atomic E-state index is 12.6. The SMILES string of the molecule is COc1cccc(NC(=O)N2CCc3nc4nc(C)ccc4cc3C2)c1. The highest BCUT2D eigenvalue weighted by Gasteiger charge is 2.22. The summed E-state index contributed by atoms with van der Waals surface area (Å²) in [6.07, 6.45) is 0.729. The molecule has 132 valence electrons. The van der Waals surface area contributed by atoms with Crippen LogP contribution in [0, 0.1) is 6.92 Å². The first-order valence-electron chi connectivity index (χ1n) is 8.58. The number of nitrogens with one attached hydrogen (secondary N) is 1. The summed E-state index contributed by atoms with van der Waals surface area (Å²) in [5.74, 6) is 0.713. The van der Waals surface area contributed by atoms with Crippen molar-refractivity contribution in [1.82, 2.24) is 14.9 Å². The van der Waals surface area contributed by atoms with Crippen LogP contribution in [0.1, 0.15) is 17.0 Å². The third-order valence-electron chi connectivity index (χ3n) is 4.57. The van der Waals surface area contributed by atoms with E-state index in [2.05, 4.69) is 16.4 Å². The van der Waals surface area contributed by atoms with E-state index in [1.165, 1.54) is 0 Å². The quantitative estimate of drug-likeness (QED) is 0.769. The van der Waals surface area contributed by atoms with E-state index >= 15 is 0 Å². The number of urea groups is 1. The Morgan fingerprint density at radius 2 is 2.08 bits per heavy atom. The van der Waals surface area contributed by atoms with Crippen LogP contribution < -0.4 is 10.1 Å². The zero-order chi connectivity index (χ0) is 18.1. The maximum Gasteiger partial charge on any atom is 0.322 e. The number of methoxy groups -OCH3 is 1. The average Bonchev–Trinajstić information content (AvgIpc) is 2.66. The van der Waals surface area contributed by atoms with Gasteiger partial charge in [0, 0.05) is 48.0 Å². The second kappa shape index (κ2) is 6.63. The summed E-state index contributed by atoms with van der Waals surface area (Å²) in [5, 5.41) is 3.94. The van der Waals surface area contributed by atoms with Gasteiger partial charge in [0.2, 0.25) is 0 Å². The number of aromatic nitrogens is 2. The second-order valence-electron chi connectivity index (χ2n) is 6.43. The van der Waals surface area contributed by atoms with E-state index in [0.717, 1.165) is 40.1 Å². The van der Waals surface area contributed by atoms with Gasteiger partial charge in [-0.2, -0.15) is 0 Å². The van der Waals surface area contributed by atoms with Crippen LogP contribution in [0.3, 0.4) is 0 Å². The minimum atomic E-state index is -0.119. The Balaban J connectivity index is 1.53. The fourth-order valence-corrected chi connectivity index (χ4v) is 3.18. The van der Waals surface area contributed by atoms with Gasteiger partial charge in [-0.25, -0.2) is 14.8 Å². The largest absolute Gasteiger partial charge is 0.497 e. The van der Waals surface area contributed by atoms with Gasteiger partial charge in [-0.1, -0.05) is 6.07 Å². The van der Waals surface area contributed by atoms with Gasteiger partial charge in [0.05, 0.1) is 7.11 Å². The van der Waals surface area contributed by atoms with E-state index in [9.17, 15) is 4.79 Å². The molecule has 1 N–H and O–H groups in total. The molecule has 0 spiro atoms. The highest BCUT2D eigenvalue weighted by Crippen LogP contribution is 2.23. The van der Waals surface area contributed by atoms with Crippen LogP contribution >= 0.6 is 0 Å². The van der Waals surface area contributed by atoms with E-state index in [0.29, 0.717) is 18.8 Å². The summed E-state index contributed by atoms with van der Waals surface area (Å²) in [5.41, 5.74) is 4.56. The van der Waals surface area contributed by atoms with E-state index in [4.69, 9.17) is 9.72 Å². The Labute approximate surface area is 151 Å². The zero-order valence-electron chi connectivity index (χ0n) is 14.8. The lowest BCUT2D eigenvalue weighted by Crippen LogP contribution is -2.39. The van der Waals surface area contributed by atoms with Crippen LogP contribution in [0.2, 0.25) is 0 Å². The molecule has 6 nitrogen and oxygen atoms in total. The molecule has 0 saturated heterocycles. The Bertz CT molecular complexity index is 987. The van der Waals surface area contributed by atoms with Crippen LogP contribution in [0.25, 0.3) is 11.0 Å². The average molecular weight is 348 g/mol. The number of nitrogens with zero attached hydrogens (tertiary/aromatic N) is 3. The molecule has 0 bridgehead atoms. The molecule has 0 aliphatic carbocycles. The van der Waals surface area contributed by atoms with E-state index in [1.807, 2.05) is 37.3 Å². The molecule has 4 rings (SSSR count). The molecule has 2 amide bonds. The molecule has 2 aromatic heterocycles. The Kier molecular flexibility index (Phi) is 4.16. The normalized spacial score (nSPS) is 13.4. The molecule has 0 unspecified atom stereocenters. The van der Waals surface area contributed by atoms with E-state index in [-0.39, 0.29) is 6.03 Å². The van der Waals surface area contributed by atoms with Gasteiger partial charge in [-0.15, -0.1) is 0 Å². The van der Waals surface area contributed by atoms with Crippen molar-refractivity contribution in [2.24, 2.45) is 0 Å². The molecule has 1 aliphatic rings. The van der Waals surface area contributed by atoms with Crippen molar-refractivity contribution >= 4 is 22.8 Å². The molecule has 6 heteroatoms. The Hall–Kier alpha value is -3.15. The van der Waals surface area contributed by atoms with Crippen molar-refractivity contribution in [3.8, 4) is 5.75 Å². The number of anilines is 1. The maximum absolute atomic E-state index is 12.6. The third-order valence-corrected chi connectivity index (χ3v) is 4.57. The smallest absolute Gasteiger partial charge is 0.322 e. The highest BCUT2D eigenvalue weighted by molar-refractivity contribution is 5.89. The van der Waals surface area contributed by atoms with Crippen molar-refractivity contribution in [1.29, 1.82) is 0 Å². The second-order valence-corrected chi connectivity index (χ2v) is 6.43. The van der Waals surface area contributed by atoms with Gasteiger partial charge in [0.15, 0.2) is 5.65 Å². The molecule has 0 radical (unpaired) electrons. The number of aryl methyl sites for hydroxylation is 1. The van der Waals surface area contributed by atoms with Crippen molar-refractivity contribution in [3.63, 3.8) is 0 Å². The van der Waals surface area contributed by atoms with E-state index < -0.39 is 0 Å². The molecule has 26 heavy (non-hydrogen) atoms. The predicted molar refractivity (Wildman–Crippen MR) is 100 cm³/mol. The molecule has 3 aromatic rings. The number of carbonyl (C=O) groups is 1. The number of carbonyl (C=O) groups excluding carboxylic acids is 1. The zero-order valence-corrected chi connectivity index (χ0v) is 14.8. The van der Waals surface area contributed by atoms with Crippen LogP contribution in [-0.4, -0.2) is 34.6 Å². The summed E-state index contributed by atoms with van der Waals surface area (Å²) >= 11 is 0. The van der Waals surface area contributed by atoms with Gasteiger partial charge in [0.1, 0.15) is 5.75 Å². The van der Waals surface area contributed by atoms with Crippen molar-refractivity contribution in [3.05, 3.63) is 59.4 Å². The minimum absolute atomic E-state index is 0.119. The number of ether oxygens (including phenoxy) is 1. The molecular formula is C20H20N4O2. The van der Waals surface area contributed by atoms with Crippen LogP contribution in [-0.2, 0) is 13.0 Å². The summed E-state index contributed by atoms with van der Waals surface area (Å²) in [7, 11) is 1.61. The number of benzene rings is 1. The lowest BCUT2D eigenvalue weighted by atomic mass is 10.0. The standard InChI is InChI=1S/C20H20N4O2/c1-13-6-7-14-10-15-12-24(9-8-18(15)23-19(14)21-13)20(25)22-16-4-3-5-17(11-16)26-2/h3-7,10-11H,8-9,12H2,1-2H3,(H,22,25). The fourth-order valence-electron chi connectivity index (χ4n) is 3.18. The summed E-state index contributed by atoms with van der Waals surface area (Å²) < 4.78 is 5.20. The Morgan fingerprint density at radius 1 is 1.19 bits per heavy atom. The number of amides is 2. The van der Waals surface area contributed by atoms with Gasteiger partial charge >= 0.3 is 6.03 Å². The van der Waals surface area contributed by atoms with Crippen LogP contribution in [0.4, 0.5) is 10.5 Å². The Morgan fingerprint density at radius 3 is 2.92 bits per heavy atom. The summed E-state index contributed by atoms with van der Waals surface area (Å²) in [6.45, 7) is 3.14. The van der Waals surface area contributed by atoms with Gasteiger partial charge in [0.25, 0.3) is 0 Å². The predicted octanol–water partition coefficient (Wildman–Crippen LogP) is 3.54. The van der Waals surface area contributed by atoms with Gasteiger partial charge in [-0.05, 0) is 42.8 Å². The molecule has 1 aromatic carbocycles. The van der Waals surface area contributed by atoms with Gasteiger partial charge in [-0.3, -0.25) is 0 Å². The minimum Gasteiger partial charge on any atom is -0.497 e. The van der Waals surface area contributed by atoms with Crippen LogP contribution in [0.15, 0.2) is 42.5 Å². The molecule has 0 fully saturated rings. The van der Waals surface area contributed by atoms with Crippen LogP contribution in [0.5, 0.6) is 5.75 Å². The lowest BCUT2D eigenvalue weighted by Gasteiger charge is -2.28. The summed E-state index contributed by atoms with van der Waals surface area (Å²) in [4.78, 5) is 23.6. The highest BCUT2D eigenvalue weighted by atomic mass is 16.5. The van der Waals surface area contributed by atoms with E-state index in [1.54, 1.807) is 18.1 Å². The molecule has 0 saturated carbocycles. The first-order valence-corrected chi connectivity index (χ1v) is 8.58. The number of rotatable bonds is 2. The molecule has 3 heterocycles. The van der Waals surface area contributed by atoms with Gasteiger partial charge < -0.3 is 15.0 Å². The topological polar surface area (TPSA) is 67.3 Å². The first kappa shape index (κ1) is 16.3. The number of fused-ring (bicyclic) bond motifs is 2. The molecular weight excluding hydrogens is 328 g/mol. The van der Waals surface area contributed by atoms with Crippen molar-refractivity contribution in [2.75, 3.05) is 19.0 Å². The fraction of sp³-hybridized carbons (Fsp3) is 0.250. The number of pyridine rings is 2. The number of hydrogen-bond acceptors (Lipinski definition) is 4. The number of hydrogen-bond donors (Lipinski definition) is 1. The van der Waals surface area contributed by atoms with Crippen molar-refractivity contribution < 1.29 is 9.53 Å². The third kappa shape index (κ3) is 3.18. The summed E-state index contributed by atoms with van der Waals surface area (Å²) in [6, 6.07) is 13.3. The lowest BCUT2D eigenvalue weighted by molar-refractivity contribution is 0.206. The molecule has 1 aliphatic heterocycles.